The molecule has 0 unspecified atom stereocenters. The molecule has 1 aliphatic heterocycles. The summed E-state index contributed by atoms with van der Waals surface area (Å²) in [6.45, 7) is 10.8. The Hall–Kier alpha value is -2.86. The van der Waals surface area contributed by atoms with E-state index < -0.39 is 18.1 Å². The molecule has 1 aromatic carbocycles. The maximum Gasteiger partial charge on any atom is 0.240 e. The van der Waals surface area contributed by atoms with E-state index in [4.69, 9.17) is 9.47 Å². The molecule has 1 aromatic heterocycles. The number of rotatable bonds is 18. The minimum atomic E-state index is -0.513. The Balaban J connectivity index is 1.77. The summed E-state index contributed by atoms with van der Waals surface area (Å²) >= 11 is 1.52. The van der Waals surface area contributed by atoms with Crippen molar-refractivity contribution in [3.63, 3.8) is 0 Å². The van der Waals surface area contributed by atoms with E-state index in [1.807, 2.05) is 73.6 Å². The maximum atomic E-state index is 14.1. The molecule has 0 radical (unpaired) electrons. The van der Waals surface area contributed by atoms with Gasteiger partial charge in [0.25, 0.3) is 0 Å². The van der Waals surface area contributed by atoms with Crippen LogP contribution in [0.2, 0.25) is 0 Å². The predicted molar refractivity (Wildman–Crippen MR) is 192 cm³/mol. The van der Waals surface area contributed by atoms with E-state index in [0.29, 0.717) is 13.0 Å². The second-order valence-corrected chi connectivity index (χ2v) is 14.8. The summed E-state index contributed by atoms with van der Waals surface area (Å²) in [5.74, 6) is -0.438. The van der Waals surface area contributed by atoms with E-state index in [1.165, 1.54) is 11.3 Å². The lowest BCUT2D eigenvalue weighted by Gasteiger charge is -2.41. The van der Waals surface area contributed by atoms with Crippen LogP contribution in [-0.4, -0.2) is 110 Å². The van der Waals surface area contributed by atoms with E-state index in [2.05, 4.69) is 38.0 Å². The molecule has 10 nitrogen and oxygen atoms in total. The van der Waals surface area contributed by atoms with Crippen molar-refractivity contribution >= 4 is 29.1 Å². The first-order valence-corrected chi connectivity index (χ1v) is 18.3. The van der Waals surface area contributed by atoms with Crippen LogP contribution in [0.3, 0.4) is 0 Å². The monoisotopic (exact) mass is 685 g/mol. The van der Waals surface area contributed by atoms with Crippen LogP contribution >= 0.6 is 11.3 Å². The molecule has 48 heavy (non-hydrogen) atoms. The number of likely N-dealkylation sites (tertiary alicyclic amines) is 1. The summed E-state index contributed by atoms with van der Waals surface area (Å²) in [5.41, 5.74) is 1.11. The summed E-state index contributed by atoms with van der Waals surface area (Å²) in [5, 5.41) is 6.00. The Labute approximate surface area is 292 Å². The second-order valence-electron chi connectivity index (χ2n) is 13.9. The third kappa shape index (κ3) is 9.86. The van der Waals surface area contributed by atoms with Gasteiger partial charge in [-0.05, 0) is 50.8 Å². The van der Waals surface area contributed by atoms with E-state index in [1.54, 1.807) is 25.3 Å². The highest BCUT2D eigenvalue weighted by atomic mass is 32.1. The van der Waals surface area contributed by atoms with Crippen molar-refractivity contribution in [2.75, 3.05) is 41.9 Å². The molecule has 11 heteroatoms. The van der Waals surface area contributed by atoms with Gasteiger partial charge in [-0.3, -0.25) is 19.3 Å². The SMILES string of the molecule is CC[C@H](C)[C@@H]([C@@H](CC(=O)N1CCC[C@H]1[C@H](OC)[C@@H](C)C(=O)N[C@@H](Cc1ccccc1)c1nccs1)OC)N(C)C(=O)[C@H](C(C)C)N(C)C. The lowest BCUT2D eigenvalue weighted by Crippen LogP contribution is -2.57. The lowest BCUT2D eigenvalue weighted by molar-refractivity contribution is -0.148. The first-order chi connectivity index (χ1) is 22.9. The molecule has 1 N–H and O–H groups in total. The van der Waals surface area contributed by atoms with Crippen LogP contribution in [0.4, 0.5) is 0 Å². The van der Waals surface area contributed by atoms with Crippen LogP contribution in [0.25, 0.3) is 0 Å². The molecule has 268 valence electrons. The van der Waals surface area contributed by atoms with Gasteiger partial charge in [0.2, 0.25) is 17.7 Å². The van der Waals surface area contributed by atoms with Crippen molar-refractivity contribution in [1.29, 1.82) is 0 Å². The van der Waals surface area contributed by atoms with Gasteiger partial charge in [-0.15, -0.1) is 11.3 Å². The number of carbonyl (C=O) groups is 3. The third-order valence-corrected chi connectivity index (χ3v) is 10.9. The quantitative estimate of drug-likeness (QED) is 0.234. The standard InChI is InChI=1S/C37H59N5O5S/c1-11-25(4)33(41(8)37(45)32(24(2)3)40(6)7)30(46-9)23-31(43)42-20-15-18-29(42)34(47-10)26(5)35(44)39-28(36-38-19-21-48-36)22-27-16-13-12-14-17-27/h12-14,16-17,19,21,24-26,28-30,32-34H,11,15,18,20,22-23H2,1-10H3,(H,39,44)/t25-,26+,28-,29-,30+,32-,33-,34+/m0/s1. The normalized spacial score (nSPS) is 19.4. The van der Waals surface area contributed by atoms with E-state index in [0.717, 1.165) is 29.8 Å². The van der Waals surface area contributed by atoms with Crippen molar-refractivity contribution in [1.82, 2.24) is 25.0 Å². The number of aromatic nitrogens is 1. The second kappa shape index (κ2) is 18.8. The molecule has 1 aliphatic rings. The number of nitrogens with zero attached hydrogens (tertiary/aromatic N) is 4. The number of methoxy groups -OCH3 is 2. The molecule has 1 fully saturated rings. The Kier molecular flexibility index (Phi) is 15.5. The van der Waals surface area contributed by atoms with Crippen LogP contribution < -0.4 is 5.32 Å². The summed E-state index contributed by atoms with van der Waals surface area (Å²) in [4.78, 5) is 51.8. The maximum absolute atomic E-state index is 14.1. The number of nitrogens with one attached hydrogen (secondary N) is 1. The molecule has 0 aliphatic carbocycles. The molecule has 8 atom stereocenters. The molecule has 2 aromatic rings. The molecular weight excluding hydrogens is 627 g/mol. The van der Waals surface area contributed by atoms with Gasteiger partial charge in [0.15, 0.2) is 0 Å². The summed E-state index contributed by atoms with van der Waals surface area (Å²) in [6, 6.07) is 8.97. The first kappa shape index (κ1) is 39.6. The molecule has 3 amide bonds. The topological polar surface area (TPSA) is 104 Å². The summed E-state index contributed by atoms with van der Waals surface area (Å²) in [7, 11) is 8.93. The highest BCUT2D eigenvalue weighted by Gasteiger charge is 2.43. The largest absolute Gasteiger partial charge is 0.379 e. The molecule has 0 spiro atoms. The van der Waals surface area contributed by atoms with Crippen LogP contribution in [0, 0.1) is 17.8 Å². The van der Waals surface area contributed by atoms with Crippen molar-refractivity contribution in [2.45, 2.75) is 103 Å². The van der Waals surface area contributed by atoms with E-state index in [-0.39, 0.29) is 60.1 Å². The fourth-order valence-electron chi connectivity index (χ4n) is 7.38. The Bertz CT molecular complexity index is 1270. The Morgan fingerprint density at radius 1 is 1.06 bits per heavy atom. The third-order valence-electron chi connectivity index (χ3n) is 10.0. The van der Waals surface area contributed by atoms with Crippen LogP contribution in [0.5, 0.6) is 0 Å². The van der Waals surface area contributed by atoms with Gasteiger partial charge in [-0.25, -0.2) is 4.98 Å². The number of likely N-dealkylation sites (N-methyl/N-ethyl adjacent to an activating group) is 2. The number of carbonyl (C=O) groups excluding carboxylic acids is 3. The van der Waals surface area contributed by atoms with Crippen molar-refractivity contribution < 1.29 is 23.9 Å². The van der Waals surface area contributed by atoms with E-state index in [9.17, 15) is 14.4 Å². The minimum Gasteiger partial charge on any atom is -0.379 e. The molecule has 2 heterocycles. The van der Waals surface area contributed by atoms with Crippen LogP contribution in [0.15, 0.2) is 41.9 Å². The smallest absolute Gasteiger partial charge is 0.240 e. The van der Waals surface area contributed by atoms with E-state index >= 15 is 0 Å². The van der Waals surface area contributed by atoms with Crippen molar-refractivity contribution in [2.24, 2.45) is 17.8 Å². The molecule has 0 bridgehead atoms. The van der Waals surface area contributed by atoms with Crippen LogP contribution in [0.1, 0.15) is 76.9 Å². The zero-order chi connectivity index (χ0) is 35.5. The number of ether oxygens (including phenoxy) is 2. The average molecular weight is 686 g/mol. The van der Waals surface area contributed by atoms with Crippen molar-refractivity contribution in [3.05, 3.63) is 52.5 Å². The number of amides is 3. The Morgan fingerprint density at radius 3 is 2.29 bits per heavy atom. The zero-order valence-corrected chi connectivity index (χ0v) is 31.5. The van der Waals surface area contributed by atoms with Gasteiger partial charge in [-0.2, -0.15) is 0 Å². The predicted octanol–water partition coefficient (Wildman–Crippen LogP) is 5.05. The highest BCUT2D eigenvalue weighted by Crippen LogP contribution is 2.30. The van der Waals surface area contributed by atoms with Crippen molar-refractivity contribution in [3.8, 4) is 0 Å². The number of thiazole rings is 1. The number of hydrogen-bond acceptors (Lipinski definition) is 8. The molecule has 0 saturated carbocycles. The molecular formula is C37H59N5O5S. The molecule has 1 saturated heterocycles. The van der Waals surface area contributed by atoms with Gasteiger partial charge in [0.05, 0.1) is 48.7 Å². The summed E-state index contributed by atoms with van der Waals surface area (Å²) < 4.78 is 12.0. The summed E-state index contributed by atoms with van der Waals surface area (Å²) in [6.07, 6.45) is 3.93. The highest BCUT2D eigenvalue weighted by molar-refractivity contribution is 7.09. The Morgan fingerprint density at radius 2 is 1.75 bits per heavy atom. The zero-order valence-electron chi connectivity index (χ0n) is 30.7. The molecule has 3 rings (SSSR count). The first-order valence-electron chi connectivity index (χ1n) is 17.4. The van der Waals surface area contributed by atoms with Crippen LogP contribution in [-0.2, 0) is 30.3 Å². The average Bonchev–Trinajstić information content (AvgIpc) is 3.77. The minimum absolute atomic E-state index is 0.0245. The fraction of sp³-hybridized carbons (Fsp3) is 0.676. The number of benzene rings is 1. The lowest BCUT2D eigenvalue weighted by atomic mass is 9.89. The number of hydrogen-bond donors (Lipinski definition) is 1. The fourth-order valence-corrected chi connectivity index (χ4v) is 8.07. The van der Waals surface area contributed by atoms with Gasteiger partial charge < -0.3 is 24.6 Å². The van der Waals surface area contributed by atoms with Gasteiger partial charge in [-0.1, -0.05) is 71.4 Å². The van der Waals surface area contributed by atoms with Gasteiger partial charge in [0, 0.05) is 39.4 Å². The van der Waals surface area contributed by atoms with Gasteiger partial charge >= 0.3 is 0 Å². The van der Waals surface area contributed by atoms with Gasteiger partial charge in [0.1, 0.15) is 5.01 Å².